The minimum absolute atomic E-state index is 0.122. The second kappa shape index (κ2) is 11.3. The van der Waals surface area contributed by atoms with Gasteiger partial charge in [0.1, 0.15) is 18.2 Å². The number of nitrogens with zero attached hydrogens (tertiary/aromatic N) is 3. The van der Waals surface area contributed by atoms with Gasteiger partial charge in [0.15, 0.2) is 12.0 Å². The van der Waals surface area contributed by atoms with Gasteiger partial charge in [-0.3, -0.25) is 19.0 Å². The maximum atomic E-state index is 13.5. The summed E-state index contributed by atoms with van der Waals surface area (Å²) in [5.41, 5.74) is 5.04. The summed E-state index contributed by atoms with van der Waals surface area (Å²) in [6.45, 7) is 7.46. The largest absolute Gasteiger partial charge is 0.468 e. The first-order valence-electron chi connectivity index (χ1n) is 11.9. The summed E-state index contributed by atoms with van der Waals surface area (Å²) >= 11 is 1.59. The number of nitrogens with one attached hydrogen (secondary N) is 1. The summed E-state index contributed by atoms with van der Waals surface area (Å²) in [4.78, 5) is 42.7. The van der Waals surface area contributed by atoms with E-state index in [0.29, 0.717) is 12.0 Å². The van der Waals surface area contributed by atoms with E-state index in [9.17, 15) is 14.4 Å². The Labute approximate surface area is 218 Å². The third kappa shape index (κ3) is 5.69. The number of benzene rings is 1. The molecule has 0 fully saturated rings. The van der Waals surface area contributed by atoms with E-state index in [2.05, 4.69) is 15.5 Å². The van der Waals surface area contributed by atoms with E-state index in [-0.39, 0.29) is 42.0 Å². The SMILES string of the molecule is Cc1ncsc1-c1ccc([C@H](C)NC(=O)c2cccn2C(=O)[C@@H](c2cc(OCC=O)no2)C(C)C)cc1. The first-order valence-corrected chi connectivity index (χ1v) is 12.7. The van der Waals surface area contributed by atoms with Gasteiger partial charge < -0.3 is 14.6 Å². The molecular formula is C27H28N4O5S. The Kier molecular flexibility index (Phi) is 7.98. The van der Waals surface area contributed by atoms with E-state index in [0.717, 1.165) is 21.7 Å². The fraction of sp³-hybridized carbons (Fsp3) is 0.296. The van der Waals surface area contributed by atoms with E-state index >= 15 is 0 Å². The molecule has 0 spiro atoms. The van der Waals surface area contributed by atoms with Crippen molar-refractivity contribution in [2.24, 2.45) is 5.92 Å². The molecule has 192 valence electrons. The van der Waals surface area contributed by atoms with Crippen molar-refractivity contribution in [1.82, 2.24) is 20.0 Å². The van der Waals surface area contributed by atoms with Crippen LogP contribution in [-0.2, 0) is 4.79 Å². The monoisotopic (exact) mass is 520 g/mol. The minimum Gasteiger partial charge on any atom is -0.468 e. The first kappa shape index (κ1) is 26.0. The van der Waals surface area contributed by atoms with Gasteiger partial charge in [0.05, 0.1) is 22.1 Å². The summed E-state index contributed by atoms with van der Waals surface area (Å²) < 4.78 is 11.8. The van der Waals surface area contributed by atoms with Gasteiger partial charge in [0.25, 0.3) is 11.8 Å². The molecule has 0 saturated carbocycles. The Hall–Kier alpha value is -4.05. The number of rotatable bonds is 10. The fourth-order valence-electron chi connectivity index (χ4n) is 4.11. The highest BCUT2D eigenvalue weighted by atomic mass is 32.1. The standard InChI is InChI=1S/C27H28N4O5S/c1-16(2)24(22-14-23(30-36-22)35-13-12-32)27(34)31-11-5-6-21(31)26(33)29-17(3)19-7-9-20(10-8-19)25-18(4)28-15-37-25/h5-12,14-17,24H,13H2,1-4H3,(H,29,33)/t17-,24+/m0/s1. The predicted molar refractivity (Wildman–Crippen MR) is 139 cm³/mol. The van der Waals surface area contributed by atoms with Crippen LogP contribution < -0.4 is 10.1 Å². The molecule has 0 aliphatic carbocycles. The lowest BCUT2D eigenvalue weighted by Crippen LogP contribution is -2.32. The number of aldehydes is 1. The zero-order chi connectivity index (χ0) is 26.5. The van der Waals surface area contributed by atoms with Crippen molar-refractivity contribution in [3.05, 3.63) is 76.9 Å². The van der Waals surface area contributed by atoms with E-state index in [4.69, 9.17) is 9.26 Å². The number of ether oxygens (including phenoxy) is 1. The lowest BCUT2D eigenvalue weighted by atomic mass is 9.92. The highest BCUT2D eigenvalue weighted by Crippen LogP contribution is 2.30. The minimum atomic E-state index is -0.708. The molecule has 0 aliphatic heterocycles. The molecule has 4 rings (SSSR count). The number of aromatic nitrogens is 3. The number of amides is 1. The quantitative estimate of drug-likeness (QED) is 0.291. The zero-order valence-corrected chi connectivity index (χ0v) is 21.8. The van der Waals surface area contributed by atoms with Crippen LogP contribution in [0.15, 0.2) is 58.7 Å². The summed E-state index contributed by atoms with van der Waals surface area (Å²) in [6, 6.07) is 12.5. The molecule has 9 nitrogen and oxygen atoms in total. The third-order valence-electron chi connectivity index (χ3n) is 6.03. The van der Waals surface area contributed by atoms with Crippen LogP contribution in [0.3, 0.4) is 0 Å². The van der Waals surface area contributed by atoms with Gasteiger partial charge >= 0.3 is 0 Å². The van der Waals surface area contributed by atoms with Crippen molar-refractivity contribution in [2.45, 2.75) is 39.7 Å². The lowest BCUT2D eigenvalue weighted by molar-refractivity contribution is -0.109. The first-order chi connectivity index (χ1) is 17.8. The number of carbonyl (C=O) groups is 3. The van der Waals surface area contributed by atoms with Crippen LogP contribution >= 0.6 is 11.3 Å². The molecule has 10 heteroatoms. The van der Waals surface area contributed by atoms with Crippen molar-refractivity contribution < 1.29 is 23.6 Å². The van der Waals surface area contributed by atoms with Crippen molar-refractivity contribution in [1.29, 1.82) is 0 Å². The summed E-state index contributed by atoms with van der Waals surface area (Å²) in [5, 5.41) is 6.76. The molecule has 2 atom stereocenters. The molecule has 0 radical (unpaired) electrons. The molecule has 3 heterocycles. The van der Waals surface area contributed by atoms with Crippen LogP contribution in [0.2, 0.25) is 0 Å². The molecule has 1 amide bonds. The average molecular weight is 521 g/mol. The van der Waals surface area contributed by atoms with Crippen molar-refractivity contribution >= 4 is 29.4 Å². The Morgan fingerprint density at radius 2 is 1.95 bits per heavy atom. The maximum absolute atomic E-state index is 13.5. The van der Waals surface area contributed by atoms with Gasteiger partial charge in [-0.15, -0.1) is 11.3 Å². The molecule has 0 aliphatic rings. The van der Waals surface area contributed by atoms with Crippen molar-refractivity contribution in [3.8, 4) is 16.3 Å². The number of carbonyl (C=O) groups excluding carboxylic acids is 3. The number of aryl methyl sites for hydroxylation is 1. The molecule has 4 aromatic rings. The topological polar surface area (TPSA) is 116 Å². The van der Waals surface area contributed by atoms with E-state index in [1.807, 2.05) is 57.5 Å². The van der Waals surface area contributed by atoms with Crippen LogP contribution in [-0.4, -0.2) is 39.4 Å². The van der Waals surface area contributed by atoms with E-state index < -0.39 is 5.92 Å². The summed E-state index contributed by atoms with van der Waals surface area (Å²) in [7, 11) is 0. The van der Waals surface area contributed by atoms with Gasteiger partial charge in [-0.25, -0.2) is 4.98 Å². The van der Waals surface area contributed by atoms with Crippen molar-refractivity contribution in [2.75, 3.05) is 6.61 Å². The molecule has 3 aromatic heterocycles. The van der Waals surface area contributed by atoms with E-state index in [1.54, 1.807) is 29.7 Å². The molecular weight excluding hydrogens is 492 g/mol. The third-order valence-corrected chi connectivity index (χ3v) is 7.01. The lowest BCUT2D eigenvalue weighted by Gasteiger charge is -2.19. The highest BCUT2D eigenvalue weighted by Gasteiger charge is 2.32. The Bertz CT molecular complexity index is 1390. The normalized spacial score (nSPS) is 12.8. The van der Waals surface area contributed by atoms with E-state index in [1.165, 1.54) is 10.6 Å². The highest BCUT2D eigenvalue weighted by molar-refractivity contribution is 7.13. The van der Waals surface area contributed by atoms with Gasteiger partial charge in [-0.2, -0.15) is 0 Å². The van der Waals surface area contributed by atoms with Crippen LogP contribution in [0.25, 0.3) is 10.4 Å². The van der Waals surface area contributed by atoms with Crippen LogP contribution in [0, 0.1) is 12.8 Å². The van der Waals surface area contributed by atoms with Crippen LogP contribution in [0.1, 0.15) is 65.0 Å². The fourth-order valence-corrected chi connectivity index (χ4v) is 4.92. The molecule has 37 heavy (non-hydrogen) atoms. The Morgan fingerprint density at radius 1 is 1.19 bits per heavy atom. The molecule has 1 N–H and O–H groups in total. The van der Waals surface area contributed by atoms with Crippen molar-refractivity contribution in [3.63, 3.8) is 0 Å². The average Bonchev–Trinajstić information content (AvgIpc) is 3.64. The van der Waals surface area contributed by atoms with Gasteiger partial charge in [-0.1, -0.05) is 38.1 Å². The number of hydrogen-bond acceptors (Lipinski definition) is 8. The second-order valence-corrected chi connectivity index (χ2v) is 9.81. The Balaban J connectivity index is 1.49. The smallest absolute Gasteiger partial charge is 0.268 e. The number of hydrogen-bond donors (Lipinski definition) is 1. The second-order valence-electron chi connectivity index (χ2n) is 8.95. The van der Waals surface area contributed by atoms with Gasteiger partial charge in [0.2, 0.25) is 5.91 Å². The van der Waals surface area contributed by atoms with Gasteiger partial charge in [0, 0.05) is 12.3 Å². The molecule has 0 bridgehead atoms. The molecule has 0 saturated heterocycles. The number of thiazole rings is 1. The predicted octanol–water partition coefficient (Wildman–Crippen LogP) is 5.06. The molecule has 1 aromatic carbocycles. The van der Waals surface area contributed by atoms with Gasteiger partial charge in [-0.05, 0) is 48.2 Å². The zero-order valence-electron chi connectivity index (χ0n) is 21.0. The summed E-state index contributed by atoms with van der Waals surface area (Å²) in [5.74, 6) is -1.15. The summed E-state index contributed by atoms with van der Waals surface area (Å²) in [6.07, 6.45) is 2.16. The van der Waals surface area contributed by atoms with Crippen LogP contribution in [0.4, 0.5) is 0 Å². The molecule has 0 unspecified atom stereocenters. The Morgan fingerprint density at radius 3 is 2.59 bits per heavy atom. The van der Waals surface area contributed by atoms with Crippen LogP contribution in [0.5, 0.6) is 5.88 Å². The maximum Gasteiger partial charge on any atom is 0.268 e.